The van der Waals surface area contributed by atoms with Gasteiger partial charge in [-0.3, -0.25) is 24.0 Å². The average molecular weight is 1820 g/mol. The zero-order valence-electron chi connectivity index (χ0n) is 70.0. The highest BCUT2D eigenvalue weighted by molar-refractivity contribution is 6.42. The van der Waals surface area contributed by atoms with Gasteiger partial charge in [0.1, 0.15) is 70.8 Å². The minimum atomic E-state index is -0.261. The third-order valence-electron chi connectivity index (χ3n) is 23.4. The maximum Gasteiger partial charge on any atom is 0.280 e. The van der Waals surface area contributed by atoms with Crippen LogP contribution in [0.3, 0.4) is 0 Å². The summed E-state index contributed by atoms with van der Waals surface area (Å²) in [7, 11) is 3.39. The van der Waals surface area contributed by atoms with Crippen LogP contribution in [0.4, 0.5) is 0 Å². The van der Waals surface area contributed by atoms with Crippen LogP contribution in [0.25, 0.3) is 78.9 Å². The molecule has 12 aromatic carbocycles. The molecule has 0 bridgehead atoms. The molecular weight excluding hydrogens is 1730 g/mol. The summed E-state index contributed by atoms with van der Waals surface area (Å²) in [6, 6.07) is 89.5. The minimum absolute atomic E-state index is 0.00528. The number of para-hydroxylation sites is 1. The molecule has 0 spiro atoms. The Morgan fingerprint density at radius 2 is 0.592 bits per heavy atom. The van der Waals surface area contributed by atoms with Crippen LogP contribution in [0.15, 0.2) is 332 Å². The van der Waals surface area contributed by atoms with E-state index in [0.29, 0.717) is 38.8 Å². The van der Waals surface area contributed by atoms with Crippen molar-refractivity contribution in [3.05, 3.63) is 413 Å². The van der Waals surface area contributed by atoms with E-state index in [2.05, 4.69) is 80.4 Å². The molecule has 0 saturated carbocycles. The highest BCUT2D eigenvalue weighted by Crippen LogP contribution is 2.47. The Hall–Kier alpha value is -14.6. The number of H-pyrrole nitrogens is 5. The molecule has 17 aromatic rings. The van der Waals surface area contributed by atoms with E-state index >= 15 is 0 Å². The van der Waals surface area contributed by atoms with Gasteiger partial charge in [-0.1, -0.05) is 131 Å². The van der Waals surface area contributed by atoms with E-state index in [0.717, 1.165) is 165 Å². The SMILES string of the molecule is COc1cccc(-c2cccc3c2CCC3Oc2ccc(-c3cc(=O)[nH]o3)cc2)c1.COc1ccccc1-c1cccc2c1CCC2Oc1ccc(-c2cc(=O)[nH]o2)cc1.O=c1cc(-c2ccc(OC3CCc4c3ccc(Cl)c4Cl)cc2)o[nH]1.O=c1cc(-c2ccc(OC3CCc4cc(Cl)ccc43)cc2)o[nH]1.O=c1cc(-c2ccc(OC3CCc4cc(Cl)ccc43)cc2)o[nH]1. The summed E-state index contributed by atoms with van der Waals surface area (Å²) in [5.41, 5.74) is 19.7. The molecular formula is C104H83Cl4N5O17. The fourth-order valence-corrected chi connectivity index (χ4v) is 18.0. The molecule has 5 aliphatic carbocycles. The molecule has 130 heavy (non-hydrogen) atoms. The van der Waals surface area contributed by atoms with Gasteiger partial charge in [0.05, 0.1) is 54.6 Å². The molecule has 5 unspecified atom stereocenters. The first-order chi connectivity index (χ1) is 63.4. The molecule has 0 aliphatic heterocycles. The maximum absolute atomic E-state index is 11.3. The fraction of sp³-hybridized carbons (Fsp3) is 0.163. The molecule has 5 heterocycles. The van der Waals surface area contributed by atoms with Crippen molar-refractivity contribution in [3.8, 4) is 119 Å². The predicted octanol–water partition coefficient (Wildman–Crippen LogP) is 24.5. The van der Waals surface area contributed by atoms with E-state index in [4.69, 9.17) is 102 Å². The molecule has 22 nitrogen and oxygen atoms in total. The van der Waals surface area contributed by atoms with Crippen LogP contribution in [0.2, 0.25) is 20.1 Å². The first kappa shape index (κ1) is 86.2. The van der Waals surface area contributed by atoms with Gasteiger partial charge in [0.25, 0.3) is 27.8 Å². The molecule has 22 rings (SSSR count). The lowest BCUT2D eigenvalue weighted by Crippen LogP contribution is -2.03. The molecule has 5 N–H and O–H groups in total. The van der Waals surface area contributed by atoms with Gasteiger partial charge in [-0.05, 0) is 306 Å². The smallest absolute Gasteiger partial charge is 0.280 e. The Morgan fingerprint density at radius 1 is 0.269 bits per heavy atom. The van der Waals surface area contributed by atoms with Gasteiger partial charge in [0, 0.05) is 43.4 Å². The van der Waals surface area contributed by atoms with Crippen molar-refractivity contribution in [1.82, 2.24) is 25.8 Å². The Morgan fingerprint density at radius 3 is 0.962 bits per heavy atom. The lowest BCUT2D eigenvalue weighted by atomic mass is 9.96. The van der Waals surface area contributed by atoms with E-state index in [1.165, 1.54) is 86.0 Å². The molecule has 26 heteroatoms. The lowest BCUT2D eigenvalue weighted by molar-refractivity contribution is 0.207. The van der Waals surface area contributed by atoms with Gasteiger partial charge in [-0.2, -0.15) is 25.8 Å². The molecule has 5 aromatic heterocycles. The zero-order valence-corrected chi connectivity index (χ0v) is 73.1. The summed E-state index contributed by atoms with van der Waals surface area (Å²) in [4.78, 5) is 55.9. The maximum atomic E-state index is 11.3. The molecule has 0 saturated heterocycles. The number of methoxy groups -OCH3 is 2. The van der Waals surface area contributed by atoms with Crippen molar-refractivity contribution < 1.29 is 55.8 Å². The highest BCUT2D eigenvalue weighted by atomic mass is 35.5. The summed E-state index contributed by atoms with van der Waals surface area (Å²) in [5.74, 6) is 8.21. The Labute approximate surface area is 763 Å². The van der Waals surface area contributed by atoms with Gasteiger partial charge in [-0.25, -0.2) is 0 Å². The first-order valence-corrected chi connectivity index (χ1v) is 43.8. The van der Waals surface area contributed by atoms with Crippen LogP contribution in [-0.4, -0.2) is 40.0 Å². The van der Waals surface area contributed by atoms with Crippen LogP contribution in [0, 0.1) is 0 Å². The van der Waals surface area contributed by atoms with Crippen LogP contribution in [0.1, 0.15) is 118 Å². The lowest BCUT2D eigenvalue weighted by Gasteiger charge is -2.16. The van der Waals surface area contributed by atoms with Gasteiger partial charge >= 0.3 is 0 Å². The minimum Gasteiger partial charge on any atom is -0.497 e. The first-order valence-electron chi connectivity index (χ1n) is 42.3. The van der Waals surface area contributed by atoms with Gasteiger partial charge in [0.2, 0.25) is 0 Å². The van der Waals surface area contributed by atoms with Crippen molar-refractivity contribution in [2.75, 3.05) is 14.2 Å². The molecule has 654 valence electrons. The zero-order chi connectivity index (χ0) is 89.3. The van der Waals surface area contributed by atoms with Gasteiger partial charge in [0.15, 0.2) is 28.8 Å². The largest absolute Gasteiger partial charge is 0.497 e. The summed E-state index contributed by atoms with van der Waals surface area (Å²) in [6.45, 7) is 0. The Bertz CT molecular complexity index is 7030. The normalized spacial score (nSPS) is 15.7. The van der Waals surface area contributed by atoms with E-state index in [1.54, 1.807) is 20.3 Å². The number of ether oxygens (including phenoxy) is 7. The van der Waals surface area contributed by atoms with Crippen LogP contribution in [-0.2, 0) is 32.1 Å². The second-order valence-corrected chi connectivity index (χ2v) is 33.2. The number of benzene rings is 12. The second-order valence-electron chi connectivity index (χ2n) is 31.5. The average Bonchev–Trinajstić information content (AvgIpc) is 1.71. The molecule has 0 radical (unpaired) electrons. The van der Waals surface area contributed by atoms with Crippen LogP contribution < -0.4 is 61.0 Å². The summed E-state index contributed by atoms with van der Waals surface area (Å²) < 4.78 is 67.4. The number of aromatic amines is 5. The summed E-state index contributed by atoms with van der Waals surface area (Å²) in [5, 5.41) is 14.2. The Balaban J connectivity index is 0.000000110. The van der Waals surface area contributed by atoms with E-state index in [-0.39, 0.29) is 58.3 Å². The number of nitrogens with one attached hydrogen (secondary N) is 5. The number of halogens is 4. The van der Waals surface area contributed by atoms with Crippen molar-refractivity contribution >= 4 is 46.4 Å². The van der Waals surface area contributed by atoms with E-state index in [1.807, 2.05) is 194 Å². The van der Waals surface area contributed by atoms with E-state index in [9.17, 15) is 24.0 Å². The number of hydrogen-bond acceptors (Lipinski definition) is 17. The van der Waals surface area contributed by atoms with Crippen LogP contribution >= 0.6 is 46.4 Å². The van der Waals surface area contributed by atoms with Crippen molar-refractivity contribution in [1.29, 1.82) is 0 Å². The number of fused-ring (bicyclic) bond motifs is 5. The van der Waals surface area contributed by atoms with Crippen molar-refractivity contribution in [2.24, 2.45) is 0 Å². The highest BCUT2D eigenvalue weighted by Gasteiger charge is 2.32. The van der Waals surface area contributed by atoms with Crippen molar-refractivity contribution in [2.45, 2.75) is 94.7 Å². The van der Waals surface area contributed by atoms with Crippen LogP contribution in [0.5, 0.6) is 40.2 Å². The number of aromatic nitrogens is 5. The predicted molar refractivity (Wildman–Crippen MR) is 498 cm³/mol. The summed E-state index contributed by atoms with van der Waals surface area (Å²) in [6.07, 6.45) is 9.46. The van der Waals surface area contributed by atoms with Gasteiger partial charge < -0.3 is 55.8 Å². The quantitative estimate of drug-likeness (QED) is 0.0502. The molecule has 0 fully saturated rings. The fourth-order valence-electron chi connectivity index (χ4n) is 17.2. The third-order valence-corrected chi connectivity index (χ3v) is 24.7. The monoisotopic (exact) mass is 1810 g/mol. The van der Waals surface area contributed by atoms with Crippen molar-refractivity contribution in [3.63, 3.8) is 0 Å². The number of rotatable bonds is 19. The van der Waals surface area contributed by atoms with E-state index < -0.39 is 0 Å². The third kappa shape index (κ3) is 19.8. The number of aryl methyl sites for hydroxylation is 2. The molecule has 5 aliphatic rings. The topological polar surface area (TPSA) is 295 Å². The molecule has 0 amide bonds. The second kappa shape index (κ2) is 39.0. The standard InChI is InChI=1S/2C25H21NO4.C18H13Cl2NO3.2C18H14ClNO3/c1-28-19-5-2-4-17(14-19)20-6-3-7-22-21(20)12-13-23(22)29-18-10-8-16(9-11-18)24-15-25(27)26-30-24;1-28-22-8-3-2-5-20(22)18-6-4-7-21-19(18)13-14-23(21)29-17-11-9-16(10-12-17)24-15-25(27)26-30-24;19-14-7-5-12-13(18(14)20)6-8-15(12)23-11-3-1-10(2-4-11)16-9-17(22)21-24-16;2*19-13-4-7-15-12(9-13)3-8-16(15)22-14-5-1-11(2-6-14)17-10-18(21)20-23-17/h2-11,14-15,23H,12-13H2,1H3,(H,26,27);2-12,15,23H,13-14H2,1H3,(H,26,27);1-5,7,9,15H,6,8H2,(H,21,22);2*1-2,4-7,9-10,16H,3,8H2,(H,20,21). The van der Waals surface area contributed by atoms with Gasteiger partial charge in [-0.15, -0.1) is 0 Å². The molecule has 5 atom stereocenters. The number of hydrogen-bond donors (Lipinski definition) is 5. The summed E-state index contributed by atoms with van der Waals surface area (Å²) >= 11 is 24.4. The Kier molecular flexibility index (Phi) is 25.8.